The first-order valence-electron chi connectivity index (χ1n) is 6.07. The number of nitrogens with one attached hydrogen (secondary N) is 1. The second-order valence-electron chi connectivity index (χ2n) is 4.30. The number of amides is 1. The van der Waals surface area contributed by atoms with E-state index in [0.29, 0.717) is 5.56 Å². The Hall–Kier alpha value is -2.40. The van der Waals surface area contributed by atoms with Crippen LogP contribution < -0.4 is 5.32 Å². The Morgan fingerprint density at radius 2 is 1.90 bits per heavy atom. The lowest BCUT2D eigenvalue weighted by Crippen LogP contribution is -2.28. The second-order valence-corrected chi connectivity index (χ2v) is 4.30. The number of rotatable bonds is 4. The zero-order chi connectivity index (χ0) is 14.5. The van der Waals surface area contributed by atoms with Gasteiger partial charge >= 0.3 is 0 Å². The van der Waals surface area contributed by atoms with E-state index < -0.39 is 17.8 Å². The van der Waals surface area contributed by atoms with Gasteiger partial charge in [0, 0.05) is 6.54 Å². The zero-order valence-electron chi connectivity index (χ0n) is 10.6. The molecule has 0 fully saturated rings. The largest absolute Gasteiger partial charge is 0.507 e. The van der Waals surface area contributed by atoms with Crippen LogP contribution in [0.25, 0.3) is 0 Å². The summed E-state index contributed by atoms with van der Waals surface area (Å²) in [4.78, 5) is 11.8. The lowest BCUT2D eigenvalue weighted by molar-refractivity contribution is 0.0913. The van der Waals surface area contributed by atoms with E-state index in [4.69, 9.17) is 0 Å². The van der Waals surface area contributed by atoms with Crippen LogP contribution in [0.2, 0.25) is 0 Å². The lowest BCUT2D eigenvalue weighted by Gasteiger charge is -2.12. The van der Waals surface area contributed by atoms with Gasteiger partial charge in [-0.3, -0.25) is 4.79 Å². The minimum absolute atomic E-state index is 0.0290. The molecule has 0 aliphatic carbocycles. The van der Waals surface area contributed by atoms with Crippen molar-refractivity contribution < 1.29 is 19.4 Å². The van der Waals surface area contributed by atoms with Gasteiger partial charge in [-0.2, -0.15) is 0 Å². The maximum absolute atomic E-state index is 13.0. The number of phenols is 1. The van der Waals surface area contributed by atoms with E-state index in [9.17, 15) is 19.4 Å². The van der Waals surface area contributed by atoms with Gasteiger partial charge in [0.2, 0.25) is 0 Å². The number of phenolic OH excluding ortho intramolecular Hbond substituents is 1. The summed E-state index contributed by atoms with van der Waals surface area (Å²) in [5.74, 6) is -1.56. The summed E-state index contributed by atoms with van der Waals surface area (Å²) in [5, 5.41) is 21.8. The standard InChI is InChI=1S/C15H14FNO3/c16-11-6-7-13(18)12(8-11)15(20)17-9-14(19)10-4-2-1-3-5-10/h1-8,14,18-19H,9H2,(H,17,20)/t14-/m0/s1. The number of hydrogen-bond donors (Lipinski definition) is 3. The Morgan fingerprint density at radius 3 is 2.60 bits per heavy atom. The van der Waals surface area contributed by atoms with Gasteiger partial charge in [-0.25, -0.2) is 4.39 Å². The molecule has 0 saturated heterocycles. The summed E-state index contributed by atoms with van der Waals surface area (Å²) in [6.45, 7) is -0.0290. The van der Waals surface area contributed by atoms with Gasteiger partial charge in [-0.1, -0.05) is 30.3 Å². The molecule has 2 aromatic rings. The number of aliphatic hydroxyl groups excluding tert-OH is 1. The quantitative estimate of drug-likeness (QED) is 0.799. The highest BCUT2D eigenvalue weighted by Crippen LogP contribution is 2.18. The molecule has 104 valence electrons. The molecule has 2 aromatic carbocycles. The van der Waals surface area contributed by atoms with Gasteiger partial charge in [0.25, 0.3) is 5.91 Å². The summed E-state index contributed by atoms with van der Waals surface area (Å²) in [6, 6.07) is 12.0. The van der Waals surface area contributed by atoms with Crippen molar-refractivity contribution in [1.29, 1.82) is 0 Å². The summed E-state index contributed by atoms with van der Waals surface area (Å²) >= 11 is 0. The first-order chi connectivity index (χ1) is 9.58. The molecule has 2 rings (SSSR count). The van der Waals surface area contributed by atoms with E-state index in [1.807, 2.05) is 6.07 Å². The molecule has 0 saturated carbocycles. The smallest absolute Gasteiger partial charge is 0.255 e. The zero-order valence-corrected chi connectivity index (χ0v) is 10.6. The Bertz CT molecular complexity index is 601. The molecule has 0 radical (unpaired) electrons. The first-order valence-corrected chi connectivity index (χ1v) is 6.07. The third-order valence-corrected chi connectivity index (χ3v) is 2.84. The number of aromatic hydroxyl groups is 1. The van der Waals surface area contributed by atoms with Crippen molar-refractivity contribution in [2.75, 3.05) is 6.54 Å². The van der Waals surface area contributed by atoms with Crippen molar-refractivity contribution in [1.82, 2.24) is 5.32 Å². The van der Waals surface area contributed by atoms with E-state index in [2.05, 4.69) is 5.32 Å². The molecule has 0 bridgehead atoms. The number of halogens is 1. The first kappa shape index (κ1) is 14.0. The van der Waals surface area contributed by atoms with Crippen LogP contribution in [0.1, 0.15) is 22.0 Å². The molecular weight excluding hydrogens is 261 g/mol. The highest BCUT2D eigenvalue weighted by molar-refractivity contribution is 5.96. The molecule has 1 atom stereocenters. The third kappa shape index (κ3) is 3.33. The maximum Gasteiger partial charge on any atom is 0.255 e. The monoisotopic (exact) mass is 275 g/mol. The van der Waals surface area contributed by atoms with Gasteiger partial charge < -0.3 is 15.5 Å². The summed E-state index contributed by atoms with van der Waals surface area (Å²) in [5.41, 5.74) is 0.501. The lowest BCUT2D eigenvalue weighted by atomic mass is 10.1. The van der Waals surface area contributed by atoms with E-state index >= 15 is 0 Å². The molecule has 20 heavy (non-hydrogen) atoms. The maximum atomic E-state index is 13.0. The van der Waals surface area contributed by atoms with Gasteiger partial charge in [-0.15, -0.1) is 0 Å². The predicted molar refractivity (Wildman–Crippen MR) is 71.8 cm³/mol. The van der Waals surface area contributed by atoms with Crippen LogP contribution in [0.3, 0.4) is 0 Å². The van der Waals surface area contributed by atoms with Crippen molar-refractivity contribution >= 4 is 5.91 Å². The van der Waals surface area contributed by atoms with E-state index in [0.717, 1.165) is 18.2 Å². The highest BCUT2D eigenvalue weighted by Gasteiger charge is 2.14. The SMILES string of the molecule is O=C(NC[C@H](O)c1ccccc1)c1cc(F)ccc1O. The second kappa shape index (κ2) is 6.16. The van der Waals surface area contributed by atoms with Gasteiger partial charge in [-0.05, 0) is 23.8 Å². The van der Waals surface area contributed by atoms with E-state index in [-0.39, 0.29) is 17.9 Å². The van der Waals surface area contributed by atoms with E-state index in [1.54, 1.807) is 24.3 Å². The van der Waals surface area contributed by atoms with Crippen LogP contribution >= 0.6 is 0 Å². The van der Waals surface area contributed by atoms with Crippen molar-refractivity contribution in [2.24, 2.45) is 0 Å². The predicted octanol–water partition coefficient (Wildman–Crippen LogP) is 1.99. The minimum atomic E-state index is -0.865. The summed E-state index contributed by atoms with van der Waals surface area (Å²) < 4.78 is 13.0. The molecule has 0 aliphatic heterocycles. The number of benzene rings is 2. The van der Waals surface area contributed by atoms with Crippen LogP contribution in [0.15, 0.2) is 48.5 Å². The van der Waals surface area contributed by atoms with Crippen LogP contribution in [0, 0.1) is 5.82 Å². The molecule has 0 heterocycles. The fourth-order valence-electron chi connectivity index (χ4n) is 1.77. The summed E-state index contributed by atoms with van der Waals surface area (Å²) in [6.07, 6.45) is -0.865. The minimum Gasteiger partial charge on any atom is -0.507 e. The molecule has 1 amide bonds. The molecular formula is C15H14FNO3. The van der Waals surface area contributed by atoms with Crippen LogP contribution in [0.5, 0.6) is 5.75 Å². The number of carbonyl (C=O) groups is 1. The number of aliphatic hydroxyl groups is 1. The Labute approximate surface area is 115 Å². The van der Waals surface area contributed by atoms with Crippen molar-refractivity contribution in [2.45, 2.75) is 6.10 Å². The van der Waals surface area contributed by atoms with Crippen LogP contribution in [-0.2, 0) is 0 Å². The topological polar surface area (TPSA) is 69.6 Å². The molecule has 0 aliphatic rings. The van der Waals surface area contributed by atoms with Crippen molar-refractivity contribution in [3.05, 3.63) is 65.5 Å². The molecule has 4 nitrogen and oxygen atoms in total. The Kier molecular flexibility index (Phi) is 4.32. The Balaban J connectivity index is 2.00. The molecule has 0 unspecified atom stereocenters. The van der Waals surface area contributed by atoms with Crippen molar-refractivity contribution in [3.63, 3.8) is 0 Å². The van der Waals surface area contributed by atoms with E-state index in [1.165, 1.54) is 0 Å². The number of carbonyl (C=O) groups excluding carboxylic acids is 1. The van der Waals surface area contributed by atoms with Crippen molar-refractivity contribution in [3.8, 4) is 5.75 Å². The average Bonchev–Trinajstić information content (AvgIpc) is 2.47. The molecule has 0 spiro atoms. The van der Waals surface area contributed by atoms with Gasteiger partial charge in [0.05, 0.1) is 11.7 Å². The average molecular weight is 275 g/mol. The Morgan fingerprint density at radius 1 is 1.20 bits per heavy atom. The molecule has 5 heteroatoms. The molecule has 3 N–H and O–H groups in total. The summed E-state index contributed by atoms with van der Waals surface area (Å²) in [7, 11) is 0. The van der Waals surface area contributed by atoms with Crippen LogP contribution in [0.4, 0.5) is 4.39 Å². The number of hydrogen-bond acceptors (Lipinski definition) is 3. The van der Waals surface area contributed by atoms with Crippen LogP contribution in [-0.4, -0.2) is 22.7 Å². The fraction of sp³-hybridized carbons (Fsp3) is 0.133. The highest BCUT2D eigenvalue weighted by atomic mass is 19.1. The molecule has 0 aromatic heterocycles. The van der Waals surface area contributed by atoms with Gasteiger partial charge in [0.15, 0.2) is 0 Å². The third-order valence-electron chi connectivity index (χ3n) is 2.84. The normalized spacial score (nSPS) is 11.9. The van der Waals surface area contributed by atoms with Gasteiger partial charge in [0.1, 0.15) is 11.6 Å². The fourth-order valence-corrected chi connectivity index (χ4v) is 1.77.